The number of hydrogen-bond acceptors (Lipinski definition) is 4. The number of nitrogens with zero attached hydrogens (tertiary/aromatic N) is 1. The summed E-state index contributed by atoms with van der Waals surface area (Å²) in [5, 5.41) is 5.12. The molecule has 0 fully saturated rings. The van der Waals surface area contributed by atoms with Gasteiger partial charge in [0.25, 0.3) is 5.91 Å². The molecule has 4 rings (SSSR count). The Morgan fingerprint density at radius 2 is 1.76 bits per heavy atom. The second-order valence-corrected chi connectivity index (χ2v) is 7.23. The zero-order chi connectivity index (χ0) is 23.5. The Balaban J connectivity index is 1.49. The Morgan fingerprint density at radius 1 is 1.06 bits per heavy atom. The summed E-state index contributed by atoms with van der Waals surface area (Å²) in [6.07, 6.45) is 1.61. The summed E-state index contributed by atoms with van der Waals surface area (Å²) in [6, 6.07) is 13.6. The number of benzene rings is 2. The molecule has 168 valence electrons. The molecule has 2 heterocycles. The summed E-state index contributed by atoms with van der Waals surface area (Å²) in [6.45, 7) is -3.01. The first-order valence-electron chi connectivity index (χ1n) is 9.51. The van der Waals surface area contributed by atoms with Crippen molar-refractivity contribution in [2.45, 2.75) is 6.61 Å². The Hall–Kier alpha value is -4.18. The van der Waals surface area contributed by atoms with E-state index in [9.17, 15) is 18.4 Å². The van der Waals surface area contributed by atoms with Gasteiger partial charge in [-0.2, -0.15) is 8.78 Å². The quantitative estimate of drug-likeness (QED) is 0.307. The summed E-state index contributed by atoms with van der Waals surface area (Å²) in [7, 11) is 0. The maximum Gasteiger partial charge on any atom is 0.387 e. The molecule has 5 N–H and O–H groups in total. The summed E-state index contributed by atoms with van der Waals surface area (Å²) in [5.74, 6) is -0.816. The van der Waals surface area contributed by atoms with Gasteiger partial charge in [-0.15, -0.1) is 0 Å². The van der Waals surface area contributed by atoms with Crippen LogP contribution in [-0.2, 0) is 0 Å². The topological polar surface area (TPSA) is 122 Å². The number of nitrogens with two attached hydrogens (primary N) is 1. The van der Waals surface area contributed by atoms with Gasteiger partial charge in [-0.1, -0.05) is 23.7 Å². The number of primary amides is 1. The Labute approximate surface area is 190 Å². The van der Waals surface area contributed by atoms with Gasteiger partial charge >= 0.3 is 12.6 Å². The van der Waals surface area contributed by atoms with Crippen LogP contribution in [0, 0.1) is 0 Å². The van der Waals surface area contributed by atoms with Gasteiger partial charge in [-0.3, -0.25) is 9.78 Å². The van der Waals surface area contributed by atoms with Crippen molar-refractivity contribution < 1.29 is 23.1 Å². The van der Waals surface area contributed by atoms with Crippen molar-refractivity contribution in [3.05, 3.63) is 71.5 Å². The number of amides is 3. The van der Waals surface area contributed by atoms with Gasteiger partial charge in [0.2, 0.25) is 0 Å². The van der Waals surface area contributed by atoms with E-state index in [0.29, 0.717) is 27.8 Å². The number of rotatable bonds is 6. The lowest BCUT2D eigenvalue weighted by molar-refractivity contribution is -0.0497. The number of alkyl halides is 2. The molecule has 0 aliphatic heterocycles. The average molecular weight is 472 g/mol. The normalized spacial score (nSPS) is 10.9. The van der Waals surface area contributed by atoms with Crippen LogP contribution in [0.5, 0.6) is 5.75 Å². The number of ether oxygens (including phenoxy) is 1. The summed E-state index contributed by atoms with van der Waals surface area (Å²) in [4.78, 5) is 31.5. The molecule has 3 amide bonds. The molecule has 0 bridgehead atoms. The monoisotopic (exact) mass is 471 g/mol. The van der Waals surface area contributed by atoms with E-state index in [-0.39, 0.29) is 22.2 Å². The molecule has 2 aromatic heterocycles. The fraction of sp³-hybridized carbons (Fsp3) is 0.0455. The molecule has 0 spiro atoms. The lowest BCUT2D eigenvalue weighted by Gasteiger charge is -2.11. The van der Waals surface area contributed by atoms with E-state index in [1.807, 2.05) is 0 Å². The van der Waals surface area contributed by atoms with E-state index in [1.165, 1.54) is 18.2 Å². The minimum atomic E-state index is -3.01. The molecule has 4 aromatic rings. The smallest absolute Gasteiger partial charge is 0.387 e. The van der Waals surface area contributed by atoms with E-state index in [1.54, 1.807) is 42.6 Å². The summed E-state index contributed by atoms with van der Waals surface area (Å²) in [5.41, 5.74) is 9.01. The maximum absolute atomic E-state index is 12.3. The number of halogens is 3. The number of carbonyl (C=O) groups excluding carboxylic acids is 2. The van der Waals surface area contributed by atoms with Crippen LogP contribution in [-0.4, -0.2) is 28.5 Å². The van der Waals surface area contributed by atoms with Gasteiger partial charge in [0, 0.05) is 23.1 Å². The maximum atomic E-state index is 12.3. The third-order valence-corrected chi connectivity index (χ3v) is 4.93. The summed E-state index contributed by atoms with van der Waals surface area (Å²) >= 11 is 5.89. The molecule has 11 heteroatoms. The molecular formula is C22H16ClF2N5O3. The van der Waals surface area contributed by atoms with E-state index >= 15 is 0 Å². The molecule has 0 atom stereocenters. The van der Waals surface area contributed by atoms with Crippen molar-refractivity contribution in [1.29, 1.82) is 0 Å². The van der Waals surface area contributed by atoms with Crippen LogP contribution < -0.4 is 21.1 Å². The number of nitrogens with one attached hydrogen (secondary N) is 3. The SMILES string of the molecule is NC(=O)c1[nH]c2cccnc2c1-c1ccc(NC(=O)Nc2ccc(OC(F)F)c(Cl)c2)cc1. The molecule has 0 saturated heterocycles. The fourth-order valence-electron chi connectivity index (χ4n) is 3.27. The molecule has 0 aliphatic rings. The van der Waals surface area contributed by atoms with Crippen molar-refractivity contribution in [3.63, 3.8) is 0 Å². The number of pyridine rings is 1. The average Bonchev–Trinajstić information content (AvgIpc) is 3.16. The van der Waals surface area contributed by atoms with Crippen LogP contribution in [0.4, 0.5) is 25.0 Å². The number of aromatic nitrogens is 2. The van der Waals surface area contributed by atoms with Gasteiger partial charge in [-0.05, 0) is 48.0 Å². The predicted octanol–water partition coefficient (Wildman–Crippen LogP) is 5.23. The van der Waals surface area contributed by atoms with Crippen LogP contribution in [0.1, 0.15) is 10.5 Å². The molecule has 2 aromatic carbocycles. The number of anilines is 2. The number of carbonyl (C=O) groups is 2. The molecule has 0 saturated carbocycles. The van der Waals surface area contributed by atoms with Crippen LogP contribution >= 0.6 is 11.6 Å². The molecule has 0 unspecified atom stereocenters. The Morgan fingerprint density at radius 3 is 2.42 bits per heavy atom. The lowest BCUT2D eigenvalue weighted by atomic mass is 10.0. The molecule has 33 heavy (non-hydrogen) atoms. The van der Waals surface area contributed by atoms with E-state index in [4.69, 9.17) is 17.3 Å². The molecule has 0 radical (unpaired) electrons. The first-order valence-corrected chi connectivity index (χ1v) is 9.89. The highest BCUT2D eigenvalue weighted by Crippen LogP contribution is 2.32. The van der Waals surface area contributed by atoms with Gasteiger partial charge in [0.05, 0.1) is 16.1 Å². The predicted molar refractivity (Wildman–Crippen MR) is 121 cm³/mol. The van der Waals surface area contributed by atoms with Gasteiger partial charge in [0.1, 0.15) is 11.4 Å². The first kappa shape index (κ1) is 22.0. The van der Waals surface area contributed by atoms with Gasteiger partial charge < -0.3 is 26.1 Å². The van der Waals surface area contributed by atoms with Crippen molar-refractivity contribution in [1.82, 2.24) is 9.97 Å². The lowest BCUT2D eigenvalue weighted by Crippen LogP contribution is -2.19. The number of aromatic amines is 1. The second-order valence-electron chi connectivity index (χ2n) is 6.82. The van der Waals surface area contributed by atoms with Crippen molar-refractivity contribution >= 4 is 45.9 Å². The highest BCUT2D eigenvalue weighted by Gasteiger charge is 2.18. The second kappa shape index (κ2) is 9.13. The van der Waals surface area contributed by atoms with E-state index in [0.717, 1.165) is 0 Å². The molecular weight excluding hydrogens is 456 g/mol. The highest BCUT2D eigenvalue weighted by atomic mass is 35.5. The molecule has 8 nitrogen and oxygen atoms in total. The number of hydrogen-bond donors (Lipinski definition) is 4. The highest BCUT2D eigenvalue weighted by molar-refractivity contribution is 6.32. The van der Waals surface area contributed by atoms with Crippen molar-refractivity contribution in [3.8, 4) is 16.9 Å². The Bertz CT molecular complexity index is 1340. The number of fused-ring (bicyclic) bond motifs is 1. The van der Waals surface area contributed by atoms with Crippen LogP contribution in [0.3, 0.4) is 0 Å². The molecule has 0 aliphatic carbocycles. The standard InChI is InChI=1S/C22H16ClF2N5O3/c23-14-10-13(7-8-16(14)33-21(24)25)29-22(32)28-12-5-3-11(4-6-12)17-18-15(2-1-9-27-18)30-19(17)20(26)31/h1-10,21,30H,(H2,26,31)(H2,28,29,32). The van der Waals surface area contributed by atoms with Crippen molar-refractivity contribution in [2.75, 3.05) is 10.6 Å². The van der Waals surface area contributed by atoms with Crippen LogP contribution in [0.2, 0.25) is 5.02 Å². The fourth-order valence-corrected chi connectivity index (χ4v) is 3.50. The third-order valence-electron chi connectivity index (χ3n) is 4.64. The van der Waals surface area contributed by atoms with Crippen molar-refractivity contribution in [2.24, 2.45) is 5.73 Å². The zero-order valence-electron chi connectivity index (χ0n) is 16.7. The largest absolute Gasteiger partial charge is 0.433 e. The van der Waals surface area contributed by atoms with Crippen LogP contribution in [0.15, 0.2) is 60.8 Å². The zero-order valence-corrected chi connectivity index (χ0v) is 17.5. The van der Waals surface area contributed by atoms with Crippen LogP contribution in [0.25, 0.3) is 22.2 Å². The third kappa shape index (κ3) is 4.85. The Kier molecular flexibility index (Phi) is 6.09. The van der Waals surface area contributed by atoms with E-state index in [2.05, 4.69) is 25.3 Å². The van der Waals surface area contributed by atoms with Gasteiger partial charge in [0.15, 0.2) is 0 Å². The number of urea groups is 1. The first-order chi connectivity index (χ1) is 15.8. The minimum Gasteiger partial charge on any atom is -0.433 e. The number of H-pyrrole nitrogens is 1. The summed E-state index contributed by atoms with van der Waals surface area (Å²) < 4.78 is 28.9. The minimum absolute atomic E-state index is 0.0740. The van der Waals surface area contributed by atoms with Gasteiger partial charge in [-0.25, -0.2) is 4.79 Å². The van der Waals surface area contributed by atoms with E-state index < -0.39 is 18.5 Å².